The molecule has 0 amide bonds. The van der Waals surface area contributed by atoms with Gasteiger partial charge in [0.05, 0.1) is 11.8 Å². The number of aromatic nitrogens is 4. The molecule has 2 heterocycles. The van der Waals surface area contributed by atoms with Crippen LogP contribution in [0.4, 0.5) is 0 Å². The number of aromatic amines is 1. The number of rotatable bonds is 3. The number of hydrogen-bond acceptors (Lipinski definition) is 3. The van der Waals surface area contributed by atoms with E-state index < -0.39 is 0 Å². The molecule has 0 unspecified atom stereocenters. The van der Waals surface area contributed by atoms with Gasteiger partial charge in [0.15, 0.2) is 0 Å². The van der Waals surface area contributed by atoms with Crippen LogP contribution in [0.15, 0.2) is 29.5 Å². The van der Waals surface area contributed by atoms with Gasteiger partial charge in [0.1, 0.15) is 5.82 Å². The second-order valence-electron chi connectivity index (χ2n) is 3.27. The Bertz CT molecular complexity index is 500. The fourth-order valence-electron chi connectivity index (χ4n) is 1.35. The monoisotopic (exact) mass is 204 g/mol. The first-order valence-electron chi connectivity index (χ1n) is 4.88. The molecule has 0 aliphatic heterocycles. The van der Waals surface area contributed by atoms with E-state index in [0.717, 1.165) is 18.5 Å². The van der Waals surface area contributed by atoms with Gasteiger partial charge in [-0.3, -0.25) is 9.48 Å². The molecular weight excluding hydrogens is 192 g/mol. The Morgan fingerprint density at radius 3 is 3.13 bits per heavy atom. The van der Waals surface area contributed by atoms with Crippen LogP contribution in [0.1, 0.15) is 13.3 Å². The normalized spacial score (nSPS) is 10.5. The SMILES string of the molecule is CCCn1cc(-c2nccc(=O)[nH]2)cn1. The maximum absolute atomic E-state index is 11.1. The summed E-state index contributed by atoms with van der Waals surface area (Å²) in [6, 6.07) is 1.39. The van der Waals surface area contributed by atoms with E-state index in [9.17, 15) is 4.79 Å². The van der Waals surface area contributed by atoms with Crippen LogP contribution in [0.5, 0.6) is 0 Å². The predicted octanol–water partition coefficient (Wildman–Crippen LogP) is 1.04. The summed E-state index contributed by atoms with van der Waals surface area (Å²) in [5.41, 5.74) is 0.685. The second kappa shape index (κ2) is 4.08. The molecule has 2 aromatic rings. The second-order valence-corrected chi connectivity index (χ2v) is 3.27. The largest absolute Gasteiger partial charge is 0.306 e. The zero-order chi connectivity index (χ0) is 10.7. The van der Waals surface area contributed by atoms with Crippen LogP contribution < -0.4 is 5.56 Å². The number of nitrogens with zero attached hydrogens (tertiary/aromatic N) is 3. The third-order valence-corrected chi connectivity index (χ3v) is 2.03. The standard InChI is InChI=1S/C10H12N4O/c1-2-5-14-7-8(6-12-14)10-11-4-3-9(15)13-10/h3-4,6-7H,2,5H2,1H3,(H,11,13,15). The average molecular weight is 204 g/mol. The minimum Gasteiger partial charge on any atom is -0.306 e. The van der Waals surface area contributed by atoms with Gasteiger partial charge in [-0.15, -0.1) is 0 Å². The molecule has 0 bridgehead atoms. The van der Waals surface area contributed by atoms with Crippen LogP contribution in [-0.2, 0) is 6.54 Å². The molecule has 5 heteroatoms. The van der Waals surface area contributed by atoms with Crippen molar-refractivity contribution in [2.24, 2.45) is 0 Å². The van der Waals surface area contributed by atoms with Crippen molar-refractivity contribution in [1.29, 1.82) is 0 Å². The average Bonchev–Trinajstić information content (AvgIpc) is 2.67. The van der Waals surface area contributed by atoms with Gasteiger partial charge in [-0.2, -0.15) is 5.10 Å². The van der Waals surface area contributed by atoms with Crippen molar-refractivity contribution in [2.45, 2.75) is 19.9 Å². The summed E-state index contributed by atoms with van der Waals surface area (Å²) in [7, 11) is 0. The van der Waals surface area contributed by atoms with Gasteiger partial charge in [-0.05, 0) is 6.42 Å². The summed E-state index contributed by atoms with van der Waals surface area (Å²) < 4.78 is 1.84. The Morgan fingerprint density at radius 2 is 2.40 bits per heavy atom. The Labute approximate surface area is 86.8 Å². The van der Waals surface area contributed by atoms with E-state index in [4.69, 9.17) is 0 Å². The Morgan fingerprint density at radius 1 is 1.53 bits per heavy atom. The molecule has 0 saturated heterocycles. The first-order valence-corrected chi connectivity index (χ1v) is 4.88. The quantitative estimate of drug-likeness (QED) is 0.812. The van der Waals surface area contributed by atoms with Gasteiger partial charge in [-0.1, -0.05) is 6.92 Å². The van der Waals surface area contributed by atoms with Crippen LogP contribution in [0, 0.1) is 0 Å². The van der Waals surface area contributed by atoms with Crippen molar-refractivity contribution in [3.8, 4) is 11.4 Å². The molecule has 0 fully saturated rings. The number of aryl methyl sites for hydroxylation is 1. The van der Waals surface area contributed by atoms with Crippen LogP contribution >= 0.6 is 0 Å². The van der Waals surface area contributed by atoms with Gasteiger partial charge in [-0.25, -0.2) is 4.98 Å². The van der Waals surface area contributed by atoms with Crippen molar-refractivity contribution in [1.82, 2.24) is 19.7 Å². The molecule has 5 nitrogen and oxygen atoms in total. The summed E-state index contributed by atoms with van der Waals surface area (Å²) in [4.78, 5) is 17.8. The zero-order valence-electron chi connectivity index (χ0n) is 8.47. The van der Waals surface area contributed by atoms with Gasteiger partial charge >= 0.3 is 0 Å². The van der Waals surface area contributed by atoms with E-state index in [-0.39, 0.29) is 5.56 Å². The van der Waals surface area contributed by atoms with Crippen LogP contribution in [-0.4, -0.2) is 19.7 Å². The molecule has 2 aromatic heterocycles. The van der Waals surface area contributed by atoms with Crippen molar-refractivity contribution >= 4 is 0 Å². The number of nitrogens with one attached hydrogen (secondary N) is 1. The molecule has 0 aliphatic rings. The van der Waals surface area contributed by atoms with Gasteiger partial charge in [0.25, 0.3) is 5.56 Å². The minimum atomic E-state index is -0.150. The highest BCUT2D eigenvalue weighted by molar-refractivity contribution is 5.51. The van der Waals surface area contributed by atoms with Crippen molar-refractivity contribution < 1.29 is 0 Å². The molecule has 0 atom stereocenters. The number of hydrogen-bond donors (Lipinski definition) is 1. The van der Waals surface area contributed by atoms with Crippen molar-refractivity contribution in [3.05, 3.63) is 35.0 Å². The Kier molecular flexibility index (Phi) is 2.62. The highest BCUT2D eigenvalue weighted by Gasteiger charge is 2.02. The van der Waals surface area contributed by atoms with Crippen LogP contribution in [0.2, 0.25) is 0 Å². The summed E-state index contributed by atoms with van der Waals surface area (Å²) in [6.07, 6.45) is 6.10. The fraction of sp³-hybridized carbons (Fsp3) is 0.300. The third-order valence-electron chi connectivity index (χ3n) is 2.03. The highest BCUT2D eigenvalue weighted by atomic mass is 16.1. The summed E-state index contributed by atoms with van der Waals surface area (Å²) >= 11 is 0. The lowest BCUT2D eigenvalue weighted by atomic mass is 10.3. The molecule has 0 aliphatic carbocycles. The van der Waals surface area contributed by atoms with E-state index in [1.165, 1.54) is 12.3 Å². The van der Waals surface area contributed by atoms with E-state index in [1.807, 2.05) is 10.9 Å². The molecule has 0 aromatic carbocycles. The summed E-state index contributed by atoms with van der Waals surface area (Å²) in [6.45, 7) is 2.96. The summed E-state index contributed by atoms with van der Waals surface area (Å²) in [5.74, 6) is 0.560. The molecule has 0 saturated carbocycles. The zero-order valence-corrected chi connectivity index (χ0v) is 8.47. The number of H-pyrrole nitrogens is 1. The predicted molar refractivity (Wildman–Crippen MR) is 56.4 cm³/mol. The first kappa shape index (κ1) is 9.64. The van der Waals surface area contributed by atoms with Gasteiger partial charge in [0.2, 0.25) is 0 Å². The topological polar surface area (TPSA) is 63.6 Å². The molecule has 1 N–H and O–H groups in total. The molecule has 2 rings (SSSR count). The molecule has 0 spiro atoms. The smallest absolute Gasteiger partial charge is 0.251 e. The molecular formula is C10H12N4O. The van der Waals surface area contributed by atoms with E-state index in [1.54, 1.807) is 6.20 Å². The Hall–Kier alpha value is -1.91. The maximum Gasteiger partial charge on any atom is 0.251 e. The maximum atomic E-state index is 11.1. The van der Waals surface area contributed by atoms with Crippen molar-refractivity contribution in [3.63, 3.8) is 0 Å². The van der Waals surface area contributed by atoms with E-state index in [2.05, 4.69) is 22.0 Å². The van der Waals surface area contributed by atoms with Gasteiger partial charge in [0, 0.05) is 25.0 Å². The lowest BCUT2D eigenvalue weighted by Crippen LogP contribution is -2.05. The van der Waals surface area contributed by atoms with E-state index >= 15 is 0 Å². The highest BCUT2D eigenvalue weighted by Crippen LogP contribution is 2.10. The van der Waals surface area contributed by atoms with E-state index in [0.29, 0.717) is 5.82 Å². The lowest BCUT2D eigenvalue weighted by molar-refractivity contribution is 0.603. The molecule has 78 valence electrons. The van der Waals surface area contributed by atoms with Crippen molar-refractivity contribution in [2.75, 3.05) is 0 Å². The lowest BCUT2D eigenvalue weighted by Gasteiger charge is -1.95. The first-order chi connectivity index (χ1) is 7.29. The third kappa shape index (κ3) is 2.12. The van der Waals surface area contributed by atoms with Gasteiger partial charge < -0.3 is 4.98 Å². The van der Waals surface area contributed by atoms with Crippen LogP contribution in [0.3, 0.4) is 0 Å². The van der Waals surface area contributed by atoms with Crippen LogP contribution in [0.25, 0.3) is 11.4 Å². The minimum absolute atomic E-state index is 0.150. The summed E-state index contributed by atoms with van der Waals surface area (Å²) in [5, 5.41) is 4.17. The molecule has 15 heavy (non-hydrogen) atoms. The fourth-order valence-corrected chi connectivity index (χ4v) is 1.35. The Balaban J connectivity index is 2.33. The molecule has 0 radical (unpaired) electrons.